The average Bonchev–Trinajstić information content (AvgIpc) is 3.04. The molecule has 12 heteroatoms. The summed E-state index contributed by atoms with van der Waals surface area (Å²) in [6, 6.07) is 17.7. The maximum atomic E-state index is 14.9. The third-order valence-electron chi connectivity index (χ3n) is 8.21. The summed E-state index contributed by atoms with van der Waals surface area (Å²) in [6.45, 7) is 3.14. The Bertz CT molecular complexity index is 1790. The number of anilines is 1. The lowest BCUT2D eigenvalue weighted by Crippen LogP contribution is -2.46. The second-order valence-corrected chi connectivity index (χ2v) is 11.4. The van der Waals surface area contributed by atoms with E-state index in [1.54, 1.807) is 62.4 Å². The lowest BCUT2D eigenvalue weighted by Gasteiger charge is -2.44. The Balaban J connectivity index is 1.85. The van der Waals surface area contributed by atoms with Crippen LogP contribution in [0.15, 0.2) is 95.5 Å². The normalized spacial score (nSPS) is 19.8. The Morgan fingerprint density at radius 1 is 0.957 bits per heavy atom. The van der Waals surface area contributed by atoms with Crippen molar-refractivity contribution in [3.63, 3.8) is 0 Å². The van der Waals surface area contributed by atoms with Crippen LogP contribution >= 0.6 is 11.6 Å². The van der Waals surface area contributed by atoms with Gasteiger partial charge >= 0.3 is 18.1 Å². The molecule has 0 unspecified atom stereocenters. The number of hydrogen-bond acceptors (Lipinski definition) is 8. The number of ketones is 1. The molecular weight excluding hydrogens is 637 g/mol. The molecule has 2 aliphatic rings. The van der Waals surface area contributed by atoms with E-state index in [1.165, 1.54) is 24.1 Å². The number of Topliss-reactive ketones (excluding diaryl/α,β-unsaturated/α-hetero) is 1. The molecule has 47 heavy (non-hydrogen) atoms. The van der Waals surface area contributed by atoms with E-state index in [-0.39, 0.29) is 48.0 Å². The average molecular weight is 669 g/mol. The largest absolute Gasteiger partial charge is 0.497 e. The third-order valence-corrected chi connectivity index (χ3v) is 8.45. The van der Waals surface area contributed by atoms with Gasteiger partial charge in [0.25, 0.3) is 0 Å². The SMILES string of the molecule is CCOC(=O)C1=C(N)N(c2cccc(C(F)(F)F)c2)C2=C(C(=O)[C@H](C(=O)OCC)[C@@H](c3cccc(OC)c3)C2)[C@H]1c1cccc(Cl)c1. The van der Waals surface area contributed by atoms with Crippen LogP contribution in [0.2, 0.25) is 5.02 Å². The van der Waals surface area contributed by atoms with Crippen LogP contribution in [-0.4, -0.2) is 38.0 Å². The molecule has 1 aliphatic carbocycles. The smallest absolute Gasteiger partial charge is 0.416 e. The molecule has 0 amide bonds. The first-order chi connectivity index (χ1) is 22.4. The van der Waals surface area contributed by atoms with Crippen LogP contribution in [-0.2, 0) is 30.0 Å². The second-order valence-electron chi connectivity index (χ2n) is 10.9. The minimum Gasteiger partial charge on any atom is -0.497 e. The fourth-order valence-electron chi connectivity index (χ4n) is 6.26. The second kappa shape index (κ2) is 13.5. The quantitative estimate of drug-likeness (QED) is 0.204. The summed E-state index contributed by atoms with van der Waals surface area (Å²) < 4.78 is 58.0. The standard InChI is InChI=1S/C35H32ClF3N2O6/c1-4-46-33(43)28-25(19-9-7-14-24(16-19)45-3)18-26-29(31(28)42)27(20-10-6-12-22(36)15-20)30(34(44)47-5-2)32(40)41(26)23-13-8-11-21(17-23)35(37,38)39/h6-17,25,27-28H,4-5,18,40H2,1-3H3/t25-,27-,28-/m1/s1. The van der Waals surface area contributed by atoms with Crippen molar-refractivity contribution in [2.75, 3.05) is 25.2 Å². The van der Waals surface area contributed by atoms with E-state index in [0.717, 1.165) is 12.1 Å². The number of hydrogen-bond donors (Lipinski definition) is 1. The number of rotatable bonds is 8. The van der Waals surface area contributed by atoms with Crippen molar-refractivity contribution in [2.24, 2.45) is 11.7 Å². The molecule has 246 valence electrons. The summed E-state index contributed by atoms with van der Waals surface area (Å²) in [5.74, 6) is -5.46. The zero-order valence-corrected chi connectivity index (χ0v) is 26.5. The van der Waals surface area contributed by atoms with E-state index in [0.29, 0.717) is 21.9 Å². The Hall–Kier alpha value is -4.77. The number of alkyl halides is 3. The fourth-order valence-corrected chi connectivity index (χ4v) is 6.46. The van der Waals surface area contributed by atoms with Crippen molar-refractivity contribution in [1.29, 1.82) is 0 Å². The first kappa shape index (κ1) is 33.6. The molecule has 3 atom stereocenters. The highest BCUT2D eigenvalue weighted by Gasteiger charge is 2.51. The monoisotopic (exact) mass is 668 g/mol. The number of carbonyl (C=O) groups is 3. The Morgan fingerprint density at radius 3 is 2.30 bits per heavy atom. The van der Waals surface area contributed by atoms with E-state index < -0.39 is 47.2 Å². The summed E-state index contributed by atoms with van der Waals surface area (Å²) >= 11 is 6.37. The van der Waals surface area contributed by atoms with Gasteiger partial charge in [-0.1, -0.05) is 41.9 Å². The molecule has 0 saturated heterocycles. The van der Waals surface area contributed by atoms with Gasteiger partial charge < -0.3 is 19.9 Å². The third kappa shape index (κ3) is 6.44. The van der Waals surface area contributed by atoms with Crippen molar-refractivity contribution in [2.45, 2.75) is 38.3 Å². The Labute approximate surface area is 274 Å². The zero-order chi connectivity index (χ0) is 34.0. The molecule has 0 spiro atoms. The molecule has 2 N–H and O–H groups in total. The molecule has 0 saturated carbocycles. The molecule has 5 rings (SSSR count). The van der Waals surface area contributed by atoms with Crippen molar-refractivity contribution in [3.8, 4) is 5.75 Å². The Morgan fingerprint density at radius 2 is 1.64 bits per heavy atom. The number of esters is 2. The van der Waals surface area contributed by atoms with Gasteiger partial charge in [0.05, 0.1) is 37.4 Å². The van der Waals surface area contributed by atoms with Crippen LogP contribution in [0.1, 0.15) is 48.8 Å². The van der Waals surface area contributed by atoms with Crippen LogP contribution in [0, 0.1) is 5.92 Å². The van der Waals surface area contributed by atoms with Crippen molar-refractivity contribution in [1.82, 2.24) is 0 Å². The molecule has 0 radical (unpaired) electrons. The van der Waals surface area contributed by atoms with E-state index >= 15 is 0 Å². The van der Waals surface area contributed by atoms with Crippen LogP contribution in [0.4, 0.5) is 18.9 Å². The number of halogens is 4. The maximum Gasteiger partial charge on any atom is 0.416 e. The van der Waals surface area contributed by atoms with Crippen LogP contribution in [0.25, 0.3) is 0 Å². The van der Waals surface area contributed by atoms with Gasteiger partial charge in [-0.3, -0.25) is 14.5 Å². The molecular formula is C35H32ClF3N2O6. The lowest BCUT2D eigenvalue weighted by atomic mass is 9.67. The zero-order valence-electron chi connectivity index (χ0n) is 25.8. The van der Waals surface area contributed by atoms with Gasteiger partial charge in [0.1, 0.15) is 17.5 Å². The summed E-state index contributed by atoms with van der Waals surface area (Å²) in [5.41, 5.74) is 6.77. The summed E-state index contributed by atoms with van der Waals surface area (Å²) in [5, 5.41) is 0.297. The van der Waals surface area contributed by atoms with Crippen LogP contribution < -0.4 is 15.4 Å². The summed E-state index contributed by atoms with van der Waals surface area (Å²) in [7, 11) is 1.48. The number of allylic oxidation sites excluding steroid dienone is 2. The highest BCUT2D eigenvalue weighted by Crippen LogP contribution is 2.52. The highest BCUT2D eigenvalue weighted by molar-refractivity contribution is 6.30. The molecule has 3 aromatic carbocycles. The van der Waals surface area contributed by atoms with E-state index in [2.05, 4.69) is 0 Å². The van der Waals surface area contributed by atoms with Crippen molar-refractivity contribution >= 4 is 35.0 Å². The number of ether oxygens (including phenoxy) is 3. The van der Waals surface area contributed by atoms with Gasteiger partial charge in [-0.2, -0.15) is 13.2 Å². The van der Waals surface area contributed by atoms with E-state index in [9.17, 15) is 27.6 Å². The molecule has 0 aromatic heterocycles. The predicted octanol–water partition coefficient (Wildman–Crippen LogP) is 6.89. The predicted molar refractivity (Wildman–Crippen MR) is 168 cm³/mol. The number of nitrogens with two attached hydrogens (primary N) is 1. The molecule has 0 fully saturated rings. The molecule has 8 nitrogen and oxygen atoms in total. The molecule has 3 aromatic rings. The van der Waals surface area contributed by atoms with Crippen LogP contribution in [0.5, 0.6) is 5.75 Å². The number of carbonyl (C=O) groups excluding carboxylic acids is 3. The van der Waals surface area contributed by atoms with E-state index in [4.69, 9.17) is 31.5 Å². The molecule has 1 aliphatic heterocycles. The minimum atomic E-state index is -4.70. The Kier molecular flexibility index (Phi) is 9.67. The van der Waals surface area contributed by atoms with Gasteiger partial charge in [0, 0.05) is 27.9 Å². The fraction of sp³-hybridized carbons (Fsp3) is 0.286. The molecule has 1 heterocycles. The van der Waals surface area contributed by atoms with Gasteiger partial charge in [-0.15, -0.1) is 0 Å². The number of methoxy groups -OCH3 is 1. The van der Waals surface area contributed by atoms with Gasteiger partial charge in [0.2, 0.25) is 0 Å². The maximum absolute atomic E-state index is 14.9. The number of nitrogens with zero attached hydrogens (tertiary/aromatic N) is 1. The van der Waals surface area contributed by atoms with Crippen molar-refractivity contribution in [3.05, 3.63) is 117 Å². The first-order valence-electron chi connectivity index (χ1n) is 14.9. The van der Waals surface area contributed by atoms with E-state index in [1.807, 2.05) is 0 Å². The summed E-state index contributed by atoms with van der Waals surface area (Å²) in [6.07, 6.45) is -4.74. The minimum absolute atomic E-state index is 0.000805. The highest BCUT2D eigenvalue weighted by atomic mass is 35.5. The lowest BCUT2D eigenvalue weighted by molar-refractivity contribution is -0.152. The topological polar surface area (TPSA) is 108 Å². The van der Waals surface area contributed by atoms with Crippen LogP contribution in [0.3, 0.4) is 0 Å². The van der Waals surface area contributed by atoms with Gasteiger partial charge in [-0.25, -0.2) is 4.79 Å². The summed E-state index contributed by atoms with van der Waals surface area (Å²) in [4.78, 5) is 43.5. The first-order valence-corrected chi connectivity index (χ1v) is 15.3. The van der Waals surface area contributed by atoms with Gasteiger partial charge in [-0.05, 0) is 73.9 Å². The molecule has 0 bridgehead atoms. The number of benzene rings is 3. The van der Waals surface area contributed by atoms with Crippen molar-refractivity contribution < 1.29 is 41.8 Å². The van der Waals surface area contributed by atoms with Gasteiger partial charge in [0.15, 0.2) is 5.78 Å².